The molecule has 0 saturated carbocycles. The average molecular weight is 566 g/mol. The first-order chi connectivity index (χ1) is 20.8. The van der Waals surface area contributed by atoms with Crippen LogP contribution in [0.3, 0.4) is 0 Å². The van der Waals surface area contributed by atoms with Gasteiger partial charge in [0.05, 0.1) is 11.2 Å². The third kappa shape index (κ3) is 4.35. The number of benzene rings is 2. The lowest BCUT2D eigenvalue weighted by atomic mass is 9.91. The quantitative estimate of drug-likeness (QED) is 0.218. The van der Waals surface area contributed by atoms with E-state index >= 15 is 0 Å². The molecule has 212 valence electrons. The zero-order valence-corrected chi connectivity index (χ0v) is 24.6. The predicted molar refractivity (Wildman–Crippen MR) is 168 cm³/mol. The fraction of sp³-hybridized carbons (Fsp3) is 0.222. The van der Waals surface area contributed by atoms with Crippen molar-refractivity contribution in [1.29, 1.82) is 0 Å². The Bertz CT molecular complexity index is 2090. The molecule has 2 aromatic carbocycles. The van der Waals surface area contributed by atoms with E-state index in [-0.39, 0.29) is 17.6 Å². The van der Waals surface area contributed by atoms with Crippen LogP contribution in [0.25, 0.3) is 27.8 Å². The van der Waals surface area contributed by atoms with E-state index in [2.05, 4.69) is 85.8 Å². The zero-order valence-electron chi connectivity index (χ0n) is 24.6. The van der Waals surface area contributed by atoms with E-state index < -0.39 is 0 Å². The zero-order chi connectivity index (χ0) is 29.3. The SMILES string of the molecule is Cc1ccc2c(c1)c1cccnc1n2-c1cc(Oc2cc(C3=N[C@@H]4c5ccccc5C[C@@H]4O3)ccn2)cc(C(C)(C)C)n1. The van der Waals surface area contributed by atoms with Gasteiger partial charge in [-0.3, -0.25) is 4.57 Å². The number of pyridine rings is 3. The number of aryl methyl sites for hydroxylation is 1. The van der Waals surface area contributed by atoms with Crippen LogP contribution in [-0.4, -0.2) is 31.5 Å². The maximum atomic E-state index is 6.45. The van der Waals surface area contributed by atoms with Gasteiger partial charge in [0.25, 0.3) is 0 Å². The molecule has 5 heterocycles. The smallest absolute Gasteiger partial charge is 0.219 e. The molecule has 1 aliphatic carbocycles. The van der Waals surface area contributed by atoms with Gasteiger partial charge in [-0.15, -0.1) is 0 Å². The molecule has 4 aromatic heterocycles. The minimum absolute atomic E-state index is 0.0319. The molecule has 0 fully saturated rings. The van der Waals surface area contributed by atoms with Gasteiger partial charge in [-0.2, -0.15) is 0 Å². The van der Waals surface area contributed by atoms with Gasteiger partial charge in [0.15, 0.2) is 0 Å². The van der Waals surface area contributed by atoms with Gasteiger partial charge in [0.1, 0.15) is 29.4 Å². The van der Waals surface area contributed by atoms with Crippen LogP contribution in [0.4, 0.5) is 0 Å². The molecule has 0 N–H and O–H groups in total. The number of hydrogen-bond acceptors (Lipinski definition) is 6. The molecule has 2 atom stereocenters. The van der Waals surface area contributed by atoms with Crippen molar-refractivity contribution in [1.82, 2.24) is 19.5 Å². The topological polar surface area (TPSA) is 74.4 Å². The highest BCUT2D eigenvalue weighted by molar-refractivity contribution is 6.08. The number of aromatic nitrogens is 4. The molecule has 43 heavy (non-hydrogen) atoms. The summed E-state index contributed by atoms with van der Waals surface area (Å²) in [6.45, 7) is 8.57. The van der Waals surface area contributed by atoms with Crippen LogP contribution in [-0.2, 0) is 16.6 Å². The van der Waals surface area contributed by atoms with Crippen LogP contribution in [0, 0.1) is 6.92 Å². The van der Waals surface area contributed by atoms with E-state index in [9.17, 15) is 0 Å². The van der Waals surface area contributed by atoms with Gasteiger partial charge in [-0.05, 0) is 48.4 Å². The minimum Gasteiger partial charge on any atom is -0.471 e. The summed E-state index contributed by atoms with van der Waals surface area (Å²) in [6.07, 6.45) is 4.47. The van der Waals surface area contributed by atoms with Gasteiger partial charge in [-0.25, -0.2) is 19.9 Å². The summed E-state index contributed by atoms with van der Waals surface area (Å²) in [7, 11) is 0. The Balaban J connectivity index is 1.19. The van der Waals surface area contributed by atoms with Crippen LogP contribution in [0.15, 0.2) is 96.2 Å². The Kier molecular flexibility index (Phi) is 5.66. The molecule has 2 aliphatic rings. The molecule has 0 bridgehead atoms. The first kappa shape index (κ1) is 25.7. The summed E-state index contributed by atoms with van der Waals surface area (Å²) in [5.74, 6) is 2.50. The first-order valence-electron chi connectivity index (χ1n) is 14.7. The van der Waals surface area contributed by atoms with Gasteiger partial charge in [0.2, 0.25) is 11.8 Å². The van der Waals surface area contributed by atoms with Gasteiger partial charge < -0.3 is 9.47 Å². The van der Waals surface area contributed by atoms with Crippen molar-refractivity contribution in [2.24, 2.45) is 4.99 Å². The molecule has 0 spiro atoms. The van der Waals surface area contributed by atoms with Gasteiger partial charge >= 0.3 is 0 Å². The molecule has 1 aliphatic heterocycles. The molecule has 0 unspecified atom stereocenters. The van der Waals surface area contributed by atoms with E-state index in [0.717, 1.165) is 45.4 Å². The summed E-state index contributed by atoms with van der Waals surface area (Å²) in [5.41, 5.74) is 7.22. The van der Waals surface area contributed by atoms with Crippen LogP contribution < -0.4 is 4.74 Å². The van der Waals surface area contributed by atoms with Crippen molar-refractivity contribution >= 4 is 27.8 Å². The largest absolute Gasteiger partial charge is 0.471 e. The van der Waals surface area contributed by atoms with E-state index in [4.69, 9.17) is 24.4 Å². The first-order valence-corrected chi connectivity index (χ1v) is 14.7. The van der Waals surface area contributed by atoms with Crippen LogP contribution in [0.5, 0.6) is 11.6 Å². The second-order valence-electron chi connectivity index (χ2n) is 12.5. The van der Waals surface area contributed by atoms with Gasteiger partial charge in [0, 0.05) is 58.8 Å². The summed E-state index contributed by atoms with van der Waals surface area (Å²) < 4.78 is 14.9. The average Bonchev–Trinajstić information content (AvgIpc) is 3.66. The maximum Gasteiger partial charge on any atom is 0.219 e. The fourth-order valence-electron chi connectivity index (χ4n) is 6.20. The lowest BCUT2D eigenvalue weighted by molar-refractivity contribution is 0.206. The normalized spacial score (nSPS) is 17.5. The van der Waals surface area contributed by atoms with Crippen molar-refractivity contribution < 1.29 is 9.47 Å². The maximum absolute atomic E-state index is 6.45. The van der Waals surface area contributed by atoms with E-state index in [1.54, 1.807) is 6.20 Å². The van der Waals surface area contributed by atoms with E-state index in [1.807, 2.05) is 36.5 Å². The Morgan fingerprint density at radius 1 is 0.884 bits per heavy atom. The minimum atomic E-state index is -0.216. The Morgan fingerprint density at radius 3 is 2.65 bits per heavy atom. The van der Waals surface area contributed by atoms with Crippen molar-refractivity contribution in [3.8, 4) is 17.4 Å². The summed E-state index contributed by atoms with van der Waals surface area (Å²) in [5, 5.41) is 2.23. The Hall–Kier alpha value is -5.04. The number of fused-ring (bicyclic) bond motifs is 6. The molecule has 6 aromatic rings. The summed E-state index contributed by atoms with van der Waals surface area (Å²) >= 11 is 0. The number of rotatable bonds is 4. The van der Waals surface area contributed by atoms with E-state index in [0.29, 0.717) is 17.5 Å². The molecule has 0 saturated heterocycles. The van der Waals surface area contributed by atoms with Crippen molar-refractivity contribution in [3.05, 3.63) is 119 Å². The molecular weight excluding hydrogens is 534 g/mol. The number of ether oxygens (including phenoxy) is 2. The van der Waals surface area contributed by atoms with Crippen molar-refractivity contribution in [2.75, 3.05) is 0 Å². The number of nitrogens with zero attached hydrogens (tertiary/aromatic N) is 5. The monoisotopic (exact) mass is 565 g/mol. The lowest BCUT2D eigenvalue weighted by Gasteiger charge is -2.20. The predicted octanol–water partition coefficient (Wildman–Crippen LogP) is 7.81. The summed E-state index contributed by atoms with van der Waals surface area (Å²) in [4.78, 5) is 19.4. The molecule has 8 rings (SSSR count). The second kappa shape index (κ2) is 9.49. The highest BCUT2D eigenvalue weighted by Crippen LogP contribution is 2.41. The van der Waals surface area contributed by atoms with Crippen LogP contribution in [0.1, 0.15) is 54.8 Å². The summed E-state index contributed by atoms with van der Waals surface area (Å²) in [6, 6.07) is 26.8. The highest BCUT2D eigenvalue weighted by Gasteiger charge is 2.39. The van der Waals surface area contributed by atoms with Crippen LogP contribution in [0.2, 0.25) is 0 Å². The number of aliphatic imine (C=N–C) groups is 1. The lowest BCUT2D eigenvalue weighted by Crippen LogP contribution is -2.15. The second-order valence-corrected chi connectivity index (χ2v) is 12.5. The molecule has 0 amide bonds. The fourth-order valence-corrected chi connectivity index (χ4v) is 6.20. The molecule has 0 radical (unpaired) electrons. The molecule has 7 nitrogen and oxygen atoms in total. The van der Waals surface area contributed by atoms with E-state index in [1.165, 1.54) is 16.7 Å². The van der Waals surface area contributed by atoms with Crippen molar-refractivity contribution in [3.63, 3.8) is 0 Å². The highest BCUT2D eigenvalue weighted by atomic mass is 16.5. The molecular formula is C36H31N5O2. The molecule has 7 heteroatoms. The van der Waals surface area contributed by atoms with Crippen LogP contribution >= 0.6 is 0 Å². The third-order valence-corrected chi connectivity index (χ3v) is 8.34. The Labute approximate surface area is 249 Å². The number of hydrogen-bond donors (Lipinski definition) is 0. The Morgan fingerprint density at radius 2 is 1.77 bits per heavy atom. The van der Waals surface area contributed by atoms with Gasteiger partial charge in [-0.1, -0.05) is 56.7 Å². The standard InChI is InChI=1S/C36H31N5O2/c1-21-11-12-28-27(16-21)26-10-7-14-38-34(26)41(28)31-20-24(19-30(39-31)36(2,3)4)42-32-18-23(13-15-37-32)35-40-33-25-9-6-5-8-22(25)17-29(33)43-35/h5-16,18-20,29,33H,17H2,1-4H3/t29-,33+/m0/s1. The third-order valence-electron chi connectivity index (χ3n) is 8.34. The van der Waals surface area contributed by atoms with Crippen molar-refractivity contribution in [2.45, 2.75) is 51.7 Å².